The van der Waals surface area contributed by atoms with Gasteiger partial charge >= 0.3 is 0 Å². The second-order valence-corrected chi connectivity index (χ2v) is 4.60. The van der Waals surface area contributed by atoms with E-state index >= 15 is 0 Å². The molecule has 0 unspecified atom stereocenters. The summed E-state index contributed by atoms with van der Waals surface area (Å²) < 4.78 is 8.45. The van der Waals surface area contributed by atoms with Crippen molar-refractivity contribution >= 4 is 27.4 Å². The highest BCUT2D eigenvalue weighted by Crippen LogP contribution is 2.25. The van der Waals surface area contributed by atoms with Crippen molar-refractivity contribution in [2.45, 2.75) is 0 Å². The maximum atomic E-state index is 5.71. The lowest BCUT2D eigenvalue weighted by atomic mass is 10.3. The van der Waals surface area contributed by atoms with E-state index in [0.717, 1.165) is 4.47 Å². The lowest BCUT2D eigenvalue weighted by Crippen LogP contribution is -1.98. The second-order valence-electron chi connectivity index (χ2n) is 3.69. The number of anilines is 1. The molecule has 3 rings (SSSR count). The highest BCUT2D eigenvalue weighted by atomic mass is 79.9. The van der Waals surface area contributed by atoms with Crippen LogP contribution in [0.25, 0.3) is 5.65 Å². The van der Waals surface area contributed by atoms with Crippen LogP contribution >= 0.6 is 15.9 Å². The number of imidazole rings is 1. The van der Waals surface area contributed by atoms with E-state index in [2.05, 4.69) is 25.9 Å². The summed E-state index contributed by atoms with van der Waals surface area (Å²) in [6.45, 7) is 0. The van der Waals surface area contributed by atoms with E-state index < -0.39 is 0 Å². The van der Waals surface area contributed by atoms with Crippen molar-refractivity contribution in [3.8, 4) is 11.6 Å². The van der Waals surface area contributed by atoms with Crippen LogP contribution in [0.4, 0.5) is 5.82 Å². The molecule has 0 amide bonds. The van der Waals surface area contributed by atoms with Gasteiger partial charge in [0.25, 0.3) is 5.88 Å². The van der Waals surface area contributed by atoms with Gasteiger partial charge in [-0.2, -0.15) is 4.98 Å². The van der Waals surface area contributed by atoms with Gasteiger partial charge in [0.2, 0.25) is 5.65 Å². The summed E-state index contributed by atoms with van der Waals surface area (Å²) in [5, 5.41) is 0. The molecule has 90 valence electrons. The minimum atomic E-state index is 0.382. The molecule has 0 saturated heterocycles. The molecule has 0 aliphatic heterocycles. The fourth-order valence-electron chi connectivity index (χ4n) is 1.60. The van der Waals surface area contributed by atoms with E-state index in [0.29, 0.717) is 23.1 Å². The van der Waals surface area contributed by atoms with Crippen LogP contribution in [0.1, 0.15) is 0 Å². The average Bonchev–Trinajstić information content (AvgIpc) is 2.80. The molecule has 0 radical (unpaired) electrons. The average molecular weight is 305 g/mol. The van der Waals surface area contributed by atoms with Crippen molar-refractivity contribution in [3.05, 3.63) is 47.3 Å². The van der Waals surface area contributed by atoms with Crippen molar-refractivity contribution in [3.63, 3.8) is 0 Å². The maximum absolute atomic E-state index is 5.71. The highest BCUT2D eigenvalue weighted by molar-refractivity contribution is 9.10. The summed E-state index contributed by atoms with van der Waals surface area (Å²) in [4.78, 5) is 8.34. The Morgan fingerprint density at radius 3 is 2.78 bits per heavy atom. The molecule has 3 aromatic rings. The van der Waals surface area contributed by atoms with Crippen molar-refractivity contribution in [1.29, 1.82) is 0 Å². The third kappa shape index (κ3) is 2.02. The number of benzene rings is 1. The molecule has 0 atom stereocenters. The first-order valence-corrected chi connectivity index (χ1v) is 6.04. The topological polar surface area (TPSA) is 65.4 Å². The van der Waals surface area contributed by atoms with Crippen LogP contribution in [0, 0.1) is 0 Å². The van der Waals surface area contributed by atoms with Gasteiger partial charge in [0, 0.05) is 16.9 Å². The van der Waals surface area contributed by atoms with Crippen molar-refractivity contribution < 1.29 is 4.74 Å². The summed E-state index contributed by atoms with van der Waals surface area (Å²) in [7, 11) is 0. The van der Waals surface area contributed by atoms with E-state index in [1.54, 1.807) is 23.0 Å². The monoisotopic (exact) mass is 304 g/mol. The van der Waals surface area contributed by atoms with Crippen LogP contribution in [0.2, 0.25) is 0 Å². The quantitative estimate of drug-likeness (QED) is 0.790. The second kappa shape index (κ2) is 4.30. The molecule has 0 spiro atoms. The van der Waals surface area contributed by atoms with E-state index in [-0.39, 0.29) is 0 Å². The Bertz CT molecular complexity index is 693. The Labute approximate surface area is 111 Å². The van der Waals surface area contributed by atoms with Gasteiger partial charge in [-0.1, -0.05) is 15.9 Å². The number of halogens is 1. The third-order valence-corrected chi connectivity index (χ3v) is 2.92. The van der Waals surface area contributed by atoms with Crippen LogP contribution in [0.3, 0.4) is 0 Å². The molecule has 0 aliphatic rings. The first-order valence-electron chi connectivity index (χ1n) is 5.25. The zero-order valence-corrected chi connectivity index (χ0v) is 10.8. The summed E-state index contributed by atoms with van der Waals surface area (Å²) >= 11 is 3.37. The van der Waals surface area contributed by atoms with Gasteiger partial charge in [0.1, 0.15) is 11.6 Å². The summed E-state index contributed by atoms with van der Waals surface area (Å²) in [6, 6.07) is 7.47. The van der Waals surface area contributed by atoms with Crippen molar-refractivity contribution in [2.24, 2.45) is 0 Å². The number of rotatable bonds is 2. The number of ether oxygens (including phenoxy) is 1. The zero-order valence-electron chi connectivity index (χ0n) is 9.25. The van der Waals surface area contributed by atoms with Gasteiger partial charge in [-0.3, -0.25) is 4.40 Å². The van der Waals surface area contributed by atoms with Crippen LogP contribution < -0.4 is 10.5 Å². The van der Waals surface area contributed by atoms with E-state index in [4.69, 9.17) is 10.5 Å². The number of aromatic nitrogens is 3. The zero-order chi connectivity index (χ0) is 12.5. The Balaban J connectivity index is 2.03. The predicted molar refractivity (Wildman–Crippen MR) is 71.6 cm³/mol. The van der Waals surface area contributed by atoms with Gasteiger partial charge in [-0.15, -0.1) is 0 Å². The molecule has 2 aromatic heterocycles. The van der Waals surface area contributed by atoms with Gasteiger partial charge in [0.05, 0.1) is 6.20 Å². The summed E-state index contributed by atoms with van der Waals surface area (Å²) in [5.74, 6) is 1.45. The third-order valence-electron chi connectivity index (χ3n) is 2.39. The van der Waals surface area contributed by atoms with Gasteiger partial charge in [-0.25, -0.2) is 4.98 Å². The largest absolute Gasteiger partial charge is 0.436 e. The Hall–Kier alpha value is -2.08. The van der Waals surface area contributed by atoms with Crippen LogP contribution in [-0.2, 0) is 0 Å². The number of nitrogen functional groups attached to an aromatic ring is 1. The van der Waals surface area contributed by atoms with Crippen molar-refractivity contribution in [1.82, 2.24) is 14.4 Å². The van der Waals surface area contributed by atoms with E-state index in [1.807, 2.05) is 24.3 Å². The molecule has 6 heteroatoms. The maximum Gasteiger partial charge on any atom is 0.265 e. The smallest absolute Gasteiger partial charge is 0.265 e. The Kier molecular flexibility index (Phi) is 2.64. The number of nitrogens with zero attached hydrogens (tertiary/aromatic N) is 3. The summed E-state index contributed by atoms with van der Waals surface area (Å²) in [5.41, 5.74) is 6.35. The molecule has 0 bridgehead atoms. The lowest BCUT2D eigenvalue weighted by Gasteiger charge is -2.06. The Morgan fingerprint density at radius 1 is 1.22 bits per heavy atom. The standard InChI is InChI=1S/C12H9BrN4O/c13-8-1-3-9(4-2-8)18-12-11-15-5-6-17(11)7-10(14)16-12/h1-7H,14H2. The minimum Gasteiger partial charge on any atom is -0.436 e. The molecular weight excluding hydrogens is 296 g/mol. The highest BCUT2D eigenvalue weighted by Gasteiger charge is 2.08. The SMILES string of the molecule is Nc1cn2ccnc2c(Oc2ccc(Br)cc2)n1. The molecule has 2 N–H and O–H groups in total. The van der Waals surface area contributed by atoms with Gasteiger partial charge in [-0.05, 0) is 24.3 Å². The van der Waals surface area contributed by atoms with Crippen LogP contribution in [0.15, 0.2) is 47.3 Å². The van der Waals surface area contributed by atoms with Gasteiger partial charge in [0.15, 0.2) is 0 Å². The lowest BCUT2D eigenvalue weighted by molar-refractivity contribution is 0.466. The first-order chi connectivity index (χ1) is 8.72. The molecule has 1 aromatic carbocycles. The van der Waals surface area contributed by atoms with E-state index in [1.165, 1.54) is 0 Å². The first kappa shape index (κ1) is 11.0. The molecule has 5 nitrogen and oxygen atoms in total. The minimum absolute atomic E-state index is 0.382. The molecular formula is C12H9BrN4O. The molecule has 0 saturated carbocycles. The number of fused-ring (bicyclic) bond motifs is 1. The van der Waals surface area contributed by atoms with E-state index in [9.17, 15) is 0 Å². The summed E-state index contributed by atoms with van der Waals surface area (Å²) in [6.07, 6.45) is 5.16. The molecule has 0 fully saturated rings. The molecule has 18 heavy (non-hydrogen) atoms. The molecule has 2 heterocycles. The predicted octanol–water partition coefficient (Wildman–Crippen LogP) is 2.87. The van der Waals surface area contributed by atoms with Crippen LogP contribution in [-0.4, -0.2) is 14.4 Å². The Morgan fingerprint density at radius 2 is 2.00 bits per heavy atom. The van der Waals surface area contributed by atoms with Gasteiger partial charge < -0.3 is 10.5 Å². The number of nitrogens with two attached hydrogens (primary N) is 1. The van der Waals surface area contributed by atoms with Crippen LogP contribution in [0.5, 0.6) is 11.6 Å². The normalized spacial score (nSPS) is 10.7. The fourth-order valence-corrected chi connectivity index (χ4v) is 1.87. The number of hydrogen-bond donors (Lipinski definition) is 1. The molecule has 0 aliphatic carbocycles. The van der Waals surface area contributed by atoms with Crippen molar-refractivity contribution in [2.75, 3.05) is 5.73 Å². The fraction of sp³-hybridized carbons (Fsp3) is 0. The number of hydrogen-bond acceptors (Lipinski definition) is 4.